The van der Waals surface area contributed by atoms with Gasteiger partial charge in [0.1, 0.15) is 5.82 Å². The summed E-state index contributed by atoms with van der Waals surface area (Å²) in [6.07, 6.45) is 3.52. The first-order chi connectivity index (χ1) is 9.19. The molecule has 0 fully saturated rings. The molecule has 1 N–H and O–H groups in total. The van der Waals surface area contributed by atoms with Gasteiger partial charge >= 0.3 is 0 Å². The van der Waals surface area contributed by atoms with Gasteiger partial charge in [0, 0.05) is 12.6 Å². The summed E-state index contributed by atoms with van der Waals surface area (Å²) in [6, 6.07) is 2.02. The summed E-state index contributed by atoms with van der Waals surface area (Å²) in [4.78, 5) is 10.1. The third kappa shape index (κ3) is 3.78. The lowest BCUT2D eigenvalue weighted by atomic mass is 10.1. The summed E-state index contributed by atoms with van der Waals surface area (Å²) in [7, 11) is 1.76. The summed E-state index contributed by atoms with van der Waals surface area (Å²) >= 11 is 0. The third-order valence-corrected chi connectivity index (χ3v) is 2.73. The molecule has 7 heteroatoms. The van der Waals surface area contributed by atoms with Crippen molar-refractivity contribution in [2.45, 2.75) is 32.7 Å². The Morgan fingerprint density at radius 1 is 1.42 bits per heavy atom. The highest BCUT2D eigenvalue weighted by Crippen LogP contribution is 2.14. The second kappa shape index (κ2) is 6.33. The lowest BCUT2D eigenvalue weighted by Gasteiger charge is -2.16. The monoisotopic (exact) mass is 261 g/mol. The smallest absolute Gasteiger partial charge is 0.176 e. The van der Waals surface area contributed by atoms with Gasteiger partial charge in [-0.3, -0.25) is 0 Å². The van der Waals surface area contributed by atoms with Crippen LogP contribution in [-0.2, 0) is 13.5 Å². The molecule has 0 amide bonds. The first-order valence-electron chi connectivity index (χ1n) is 6.45. The lowest BCUT2D eigenvalue weighted by molar-refractivity contribution is 0.504. The number of nitrogens with zero attached hydrogens (tertiary/aromatic N) is 6. The molecule has 1 atom stereocenters. The fourth-order valence-electron chi connectivity index (χ4n) is 1.86. The van der Waals surface area contributed by atoms with Crippen LogP contribution in [0.5, 0.6) is 0 Å². The zero-order valence-electron chi connectivity index (χ0n) is 11.5. The van der Waals surface area contributed by atoms with Gasteiger partial charge in [0.25, 0.3) is 0 Å². The number of tetrazole rings is 1. The molecule has 0 saturated heterocycles. The number of hydrogen-bond donors (Lipinski definition) is 1. The van der Waals surface area contributed by atoms with Crippen LogP contribution in [-0.4, -0.2) is 36.7 Å². The Hall–Kier alpha value is -1.89. The van der Waals surface area contributed by atoms with Crippen molar-refractivity contribution >= 4 is 0 Å². The van der Waals surface area contributed by atoms with Crippen molar-refractivity contribution in [3.8, 4) is 0 Å². The standard InChI is InChI=1S/C12H19N7/c1-4-6-14-11(8-12-16-18-19(3)17-12)10-5-7-13-9(2)15-10/h5,7,11,14H,4,6,8H2,1-3H3. The molecule has 0 saturated carbocycles. The van der Waals surface area contributed by atoms with Gasteiger partial charge in [0.15, 0.2) is 5.82 Å². The van der Waals surface area contributed by atoms with E-state index in [0.29, 0.717) is 12.2 Å². The summed E-state index contributed by atoms with van der Waals surface area (Å²) in [5.41, 5.74) is 0.966. The molecule has 0 aromatic carbocycles. The molecule has 0 bridgehead atoms. The Kier molecular flexibility index (Phi) is 4.51. The van der Waals surface area contributed by atoms with E-state index in [1.807, 2.05) is 13.0 Å². The minimum atomic E-state index is 0.0888. The van der Waals surface area contributed by atoms with Gasteiger partial charge in [-0.05, 0) is 31.2 Å². The van der Waals surface area contributed by atoms with E-state index in [4.69, 9.17) is 0 Å². The minimum absolute atomic E-state index is 0.0888. The molecule has 0 aliphatic heterocycles. The zero-order valence-corrected chi connectivity index (χ0v) is 11.5. The molecule has 2 rings (SSSR count). The van der Waals surface area contributed by atoms with Crippen molar-refractivity contribution in [2.75, 3.05) is 6.54 Å². The Morgan fingerprint density at radius 2 is 2.26 bits per heavy atom. The molecular weight excluding hydrogens is 242 g/mol. The lowest BCUT2D eigenvalue weighted by Crippen LogP contribution is -2.25. The van der Waals surface area contributed by atoms with Gasteiger partial charge in [0.2, 0.25) is 0 Å². The Balaban J connectivity index is 2.15. The summed E-state index contributed by atoms with van der Waals surface area (Å²) in [5.74, 6) is 1.49. The second-order valence-electron chi connectivity index (χ2n) is 4.43. The average molecular weight is 261 g/mol. The predicted molar refractivity (Wildman–Crippen MR) is 70.3 cm³/mol. The summed E-state index contributed by atoms with van der Waals surface area (Å²) in [6.45, 7) is 4.95. The molecule has 0 spiro atoms. The first kappa shape index (κ1) is 13.5. The molecule has 7 nitrogen and oxygen atoms in total. The largest absolute Gasteiger partial charge is 0.308 e. The van der Waals surface area contributed by atoms with Crippen LogP contribution in [0.15, 0.2) is 12.3 Å². The third-order valence-electron chi connectivity index (χ3n) is 2.73. The van der Waals surface area contributed by atoms with E-state index in [-0.39, 0.29) is 6.04 Å². The second-order valence-corrected chi connectivity index (χ2v) is 4.43. The van der Waals surface area contributed by atoms with E-state index >= 15 is 0 Å². The highest BCUT2D eigenvalue weighted by molar-refractivity contribution is 5.09. The molecule has 102 valence electrons. The minimum Gasteiger partial charge on any atom is -0.308 e. The van der Waals surface area contributed by atoms with Crippen LogP contribution in [0, 0.1) is 6.92 Å². The molecule has 0 radical (unpaired) electrons. The molecule has 0 aliphatic rings. The van der Waals surface area contributed by atoms with Crippen molar-refractivity contribution in [1.29, 1.82) is 0 Å². The summed E-state index contributed by atoms with van der Waals surface area (Å²) < 4.78 is 0. The number of aromatic nitrogens is 6. The normalized spacial score (nSPS) is 12.6. The maximum absolute atomic E-state index is 4.47. The van der Waals surface area contributed by atoms with Crippen molar-refractivity contribution in [3.63, 3.8) is 0 Å². The molecular formula is C12H19N7. The number of aryl methyl sites for hydroxylation is 2. The fraction of sp³-hybridized carbons (Fsp3) is 0.583. The molecule has 2 aromatic heterocycles. The summed E-state index contributed by atoms with van der Waals surface area (Å²) in [5, 5.41) is 15.6. The molecule has 19 heavy (non-hydrogen) atoms. The molecule has 0 aliphatic carbocycles. The topological polar surface area (TPSA) is 81.4 Å². The van der Waals surface area contributed by atoms with Crippen LogP contribution >= 0.6 is 0 Å². The van der Waals surface area contributed by atoms with Crippen LogP contribution in [0.3, 0.4) is 0 Å². The maximum atomic E-state index is 4.47. The van der Waals surface area contributed by atoms with Crippen LogP contribution in [0.25, 0.3) is 0 Å². The molecule has 2 aromatic rings. The van der Waals surface area contributed by atoms with Crippen LogP contribution in [0.4, 0.5) is 0 Å². The van der Waals surface area contributed by atoms with Gasteiger partial charge < -0.3 is 5.32 Å². The maximum Gasteiger partial charge on any atom is 0.176 e. The Morgan fingerprint density at radius 3 is 2.89 bits per heavy atom. The van der Waals surface area contributed by atoms with Gasteiger partial charge in [0.05, 0.1) is 18.8 Å². The quantitative estimate of drug-likeness (QED) is 0.819. The number of nitrogens with one attached hydrogen (secondary N) is 1. The highest BCUT2D eigenvalue weighted by Gasteiger charge is 2.16. The predicted octanol–water partition coefficient (Wildman–Crippen LogP) is 0.592. The SMILES string of the molecule is CCCNC(Cc1nnn(C)n1)c1ccnc(C)n1. The Labute approximate surface area is 112 Å². The van der Waals surface area contributed by atoms with Gasteiger partial charge in [-0.2, -0.15) is 4.80 Å². The number of rotatable bonds is 6. The fourth-order valence-corrected chi connectivity index (χ4v) is 1.86. The van der Waals surface area contributed by atoms with Gasteiger partial charge in [-0.1, -0.05) is 6.92 Å². The van der Waals surface area contributed by atoms with E-state index in [1.165, 1.54) is 4.80 Å². The van der Waals surface area contributed by atoms with E-state index in [0.717, 1.165) is 24.5 Å². The Bertz CT molecular complexity index is 522. The highest BCUT2D eigenvalue weighted by atomic mass is 15.6. The molecule has 2 heterocycles. The van der Waals surface area contributed by atoms with E-state index < -0.39 is 0 Å². The van der Waals surface area contributed by atoms with Crippen molar-refractivity contribution < 1.29 is 0 Å². The van der Waals surface area contributed by atoms with Crippen molar-refractivity contribution in [1.82, 2.24) is 35.5 Å². The van der Waals surface area contributed by atoms with E-state index in [1.54, 1.807) is 13.2 Å². The van der Waals surface area contributed by atoms with Crippen molar-refractivity contribution in [2.24, 2.45) is 7.05 Å². The van der Waals surface area contributed by atoms with Crippen molar-refractivity contribution in [3.05, 3.63) is 29.6 Å². The molecule has 1 unspecified atom stereocenters. The van der Waals surface area contributed by atoms with Crippen LogP contribution < -0.4 is 5.32 Å². The van der Waals surface area contributed by atoms with Crippen LogP contribution in [0.1, 0.15) is 36.7 Å². The van der Waals surface area contributed by atoms with Crippen LogP contribution in [0.2, 0.25) is 0 Å². The van der Waals surface area contributed by atoms with E-state index in [2.05, 4.69) is 37.6 Å². The average Bonchev–Trinajstić information content (AvgIpc) is 2.80. The number of hydrogen-bond acceptors (Lipinski definition) is 6. The van der Waals surface area contributed by atoms with Gasteiger partial charge in [-0.15, -0.1) is 10.2 Å². The van der Waals surface area contributed by atoms with E-state index in [9.17, 15) is 0 Å². The zero-order chi connectivity index (χ0) is 13.7. The van der Waals surface area contributed by atoms with Gasteiger partial charge in [-0.25, -0.2) is 9.97 Å². The first-order valence-corrected chi connectivity index (χ1v) is 6.45.